The first kappa shape index (κ1) is 24.2. The lowest BCUT2D eigenvalue weighted by atomic mass is 9.74. The summed E-state index contributed by atoms with van der Waals surface area (Å²) >= 11 is 0. The van der Waals surface area contributed by atoms with Crippen LogP contribution in [0.5, 0.6) is 0 Å². The normalized spacial score (nSPS) is 16.9. The van der Waals surface area contributed by atoms with Crippen LogP contribution in [-0.2, 0) is 0 Å². The number of H-pyrrole nitrogens is 1. The molecule has 0 aromatic carbocycles. The van der Waals surface area contributed by atoms with E-state index in [1.54, 1.807) is 12.4 Å². The van der Waals surface area contributed by atoms with Crippen molar-refractivity contribution in [1.82, 2.24) is 24.8 Å². The van der Waals surface area contributed by atoms with Crippen LogP contribution in [0, 0.1) is 39.9 Å². The molecule has 0 spiro atoms. The van der Waals surface area contributed by atoms with E-state index in [9.17, 15) is 0 Å². The summed E-state index contributed by atoms with van der Waals surface area (Å²) < 4.78 is 1.85. The van der Waals surface area contributed by atoms with Gasteiger partial charge < -0.3 is 5.41 Å². The Bertz CT molecular complexity index is 1140. The maximum absolute atomic E-state index is 8.34. The Kier molecular flexibility index (Phi) is 9.06. The number of aromatic nitrogens is 5. The highest BCUT2D eigenvalue weighted by Gasteiger charge is 2.28. The molecule has 0 amide bonds. The Morgan fingerprint density at radius 1 is 1.38 bits per heavy atom. The first-order valence-electron chi connectivity index (χ1n) is 10.4. The number of rotatable bonds is 5. The molecular weight excluding hydrogens is 400 g/mol. The maximum Gasteiger partial charge on any atom is 0.0999 e. The average Bonchev–Trinajstić information content (AvgIpc) is 3.47. The van der Waals surface area contributed by atoms with Crippen LogP contribution in [0.3, 0.4) is 0 Å². The van der Waals surface area contributed by atoms with Gasteiger partial charge in [0, 0.05) is 24.1 Å². The molecule has 0 atom stereocenters. The predicted molar refractivity (Wildman–Crippen MR) is 126 cm³/mol. The molecule has 0 bridgehead atoms. The molecule has 4 rings (SSSR count). The SMILES string of the molecule is C=C(C)/C=C(\CC)c1cn2nccc2c(-c2cn[nH]c2)n1.C=N.N#CCC1CC(C#N)C1. The lowest BCUT2D eigenvalue weighted by Crippen LogP contribution is -2.21. The third-order valence-corrected chi connectivity index (χ3v) is 5.09. The van der Waals surface area contributed by atoms with Crippen LogP contribution < -0.4 is 0 Å². The Labute approximate surface area is 188 Å². The van der Waals surface area contributed by atoms with E-state index in [1.165, 1.54) is 0 Å². The zero-order valence-corrected chi connectivity index (χ0v) is 18.5. The van der Waals surface area contributed by atoms with Crippen molar-refractivity contribution < 1.29 is 0 Å². The third-order valence-electron chi connectivity index (χ3n) is 5.09. The van der Waals surface area contributed by atoms with Crippen molar-refractivity contribution in [3.05, 3.63) is 54.8 Å². The van der Waals surface area contributed by atoms with E-state index in [0.29, 0.717) is 12.3 Å². The fraction of sp³-hybridized carbons (Fsp3) is 0.333. The number of hydrogen-bond donors (Lipinski definition) is 2. The molecule has 8 heteroatoms. The van der Waals surface area contributed by atoms with Crippen molar-refractivity contribution in [1.29, 1.82) is 15.9 Å². The fourth-order valence-electron chi connectivity index (χ4n) is 3.47. The fourth-order valence-corrected chi connectivity index (χ4v) is 3.47. The third kappa shape index (κ3) is 5.99. The van der Waals surface area contributed by atoms with Gasteiger partial charge in [-0.1, -0.05) is 25.2 Å². The van der Waals surface area contributed by atoms with Gasteiger partial charge in [0.15, 0.2) is 0 Å². The van der Waals surface area contributed by atoms with E-state index in [2.05, 4.69) is 53.7 Å². The minimum absolute atomic E-state index is 0.253. The summed E-state index contributed by atoms with van der Waals surface area (Å²) in [5.41, 5.74) is 5.86. The van der Waals surface area contributed by atoms with E-state index in [-0.39, 0.29) is 5.92 Å². The smallest absolute Gasteiger partial charge is 0.0999 e. The summed E-state index contributed by atoms with van der Waals surface area (Å²) in [4.78, 5) is 4.81. The first-order chi connectivity index (χ1) is 15.5. The lowest BCUT2D eigenvalue weighted by molar-refractivity contribution is 0.251. The molecular formula is C24H28N8. The van der Waals surface area contributed by atoms with Gasteiger partial charge in [0.25, 0.3) is 0 Å². The van der Waals surface area contributed by atoms with Crippen LogP contribution in [-0.4, -0.2) is 31.5 Å². The van der Waals surface area contributed by atoms with E-state index >= 15 is 0 Å². The summed E-state index contributed by atoms with van der Waals surface area (Å²) in [6, 6.07) is 6.24. The van der Waals surface area contributed by atoms with Gasteiger partial charge in [-0.3, -0.25) is 5.10 Å². The number of aromatic amines is 1. The number of nitrogens with zero attached hydrogens (tertiary/aromatic N) is 6. The molecule has 1 aliphatic carbocycles. The second-order valence-corrected chi connectivity index (χ2v) is 7.52. The van der Waals surface area contributed by atoms with Crippen LogP contribution in [0.1, 0.15) is 45.2 Å². The van der Waals surface area contributed by atoms with Gasteiger partial charge >= 0.3 is 0 Å². The van der Waals surface area contributed by atoms with Gasteiger partial charge in [-0.25, -0.2) is 9.50 Å². The Morgan fingerprint density at radius 3 is 2.69 bits per heavy atom. The van der Waals surface area contributed by atoms with Crippen LogP contribution >= 0.6 is 0 Å². The van der Waals surface area contributed by atoms with E-state index in [4.69, 9.17) is 20.9 Å². The number of nitrogens with one attached hydrogen (secondary N) is 2. The van der Waals surface area contributed by atoms with E-state index in [1.807, 2.05) is 29.9 Å². The minimum atomic E-state index is 0.253. The molecule has 0 radical (unpaired) electrons. The van der Waals surface area contributed by atoms with Crippen molar-refractivity contribution in [3.8, 4) is 23.4 Å². The molecule has 3 heterocycles. The zero-order valence-electron chi connectivity index (χ0n) is 18.5. The van der Waals surface area contributed by atoms with Crippen molar-refractivity contribution in [2.24, 2.45) is 11.8 Å². The molecule has 1 aliphatic rings. The Hall–Kier alpha value is -4.04. The highest BCUT2D eigenvalue weighted by Crippen LogP contribution is 2.34. The summed E-state index contributed by atoms with van der Waals surface area (Å²) in [5.74, 6) is 0.781. The van der Waals surface area contributed by atoms with Crippen LogP contribution in [0.4, 0.5) is 0 Å². The summed E-state index contributed by atoms with van der Waals surface area (Å²) in [6.45, 7) is 10.5. The minimum Gasteiger partial charge on any atom is -0.317 e. The molecule has 2 N–H and O–H groups in total. The molecule has 164 valence electrons. The van der Waals surface area contributed by atoms with Crippen molar-refractivity contribution in [2.45, 2.75) is 39.5 Å². The molecule has 1 fully saturated rings. The molecule has 0 unspecified atom stereocenters. The Balaban J connectivity index is 0.000000277. The molecule has 32 heavy (non-hydrogen) atoms. The second kappa shape index (κ2) is 12.0. The predicted octanol–water partition coefficient (Wildman–Crippen LogP) is 5.20. The molecule has 1 saturated carbocycles. The van der Waals surface area contributed by atoms with Gasteiger partial charge in [0.1, 0.15) is 0 Å². The average molecular weight is 429 g/mol. The van der Waals surface area contributed by atoms with Gasteiger partial charge in [-0.15, -0.1) is 0 Å². The standard InChI is InChI=1S/C16H17N5.C7H8N2.CH3N/c1-4-12(7-11(2)3)14-10-21-15(5-6-19-21)16(20-14)13-8-17-18-9-13;8-2-1-6-3-7(4-6)5-9;1-2/h5-10H,2,4H2,1,3H3,(H,17,18);6-7H,1,3-4H2;2H,1H2/b12-7+;;. The number of allylic oxidation sites excluding steroid dienone is 3. The second-order valence-electron chi connectivity index (χ2n) is 7.52. The molecule has 0 aliphatic heterocycles. The summed E-state index contributed by atoms with van der Waals surface area (Å²) in [5, 5.41) is 33.3. The summed E-state index contributed by atoms with van der Waals surface area (Å²) in [7, 11) is 0. The topological polar surface area (TPSA) is 130 Å². The quantitative estimate of drug-likeness (QED) is 0.426. The largest absolute Gasteiger partial charge is 0.317 e. The maximum atomic E-state index is 8.34. The molecule has 3 aromatic rings. The van der Waals surface area contributed by atoms with E-state index < -0.39 is 0 Å². The monoisotopic (exact) mass is 428 g/mol. The molecule has 3 aromatic heterocycles. The van der Waals surface area contributed by atoms with Gasteiger partial charge in [0.2, 0.25) is 0 Å². The van der Waals surface area contributed by atoms with Crippen molar-refractivity contribution >= 4 is 17.8 Å². The number of nitriles is 2. The van der Waals surface area contributed by atoms with Gasteiger partial charge in [-0.2, -0.15) is 20.7 Å². The number of hydrogen-bond acceptors (Lipinski definition) is 6. The van der Waals surface area contributed by atoms with E-state index in [0.717, 1.165) is 52.9 Å². The highest BCUT2D eigenvalue weighted by atomic mass is 15.2. The highest BCUT2D eigenvalue weighted by molar-refractivity contribution is 5.78. The molecule has 8 nitrogen and oxygen atoms in total. The van der Waals surface area contributed by atoms with Crippen LogP contribution in [0.15, 0.2) is 49.1 Å². The van der Waals surface area contributed by atoms with Crippen LogP contribution in [0.25, 0.3) is 22.3 Å². The Morgan fingerprint density at radius 2 is 2.12 bits per heavy atom. The first-order valence-corrected chi connectivity index (χ1v) is 10.4. The summed E-state index contributed by atoms with van der Waals surface area (Å²) in [6.07, 6.45) is 12.8. The van der Waals surface area contributed by atoms with Crippen molar-refractivity contribution in [2.75, 3.05) is 0 Å². The van der Waals surface area contributed by atoms with Crippen molar-refractivity contribution in [3.63, 3.8) is 0 Å². The number of fused-ring (bicyclic) bond motifs is 1. The molecule has 0 saturated heterocycles. The zero-order chi connectivity index (χ0) is 23.5. The van der Waals surface area contributed by atoms with Gasteiger partial charge in [0.05, 0.1) is 47.6 Å². The lowest BCUT2D eigenvalue weighted by Gasteiger charge is -2.27. The van der Waals surface area contributed by atoms with Crippen LogP contribution in [0.2, 0.25) is 0 Å². The van der Waals surface area contributed by atoms with Gasteiger partial charge in [-0.05, 0) is 50.5 Å².